The highest BCUT2D eigenvalue weighted by Crippen LogP contribution is 2.33. The number of carbonyl (C=O) groups excluding carboxylic acids is 1. The van der Waals surface area contributed by atoms with Gasteiger partial charge in [0.25, 0.3) is 5.56 Å². The number of benzene rings is 3. The maximum atomic E-state index is 14.3. The number of unbranched alkanes of at least 4 members (excludes halogenated alkanes) is 1. The Bertz CT molecular complexity index is 1430. The van der Waals surface area contributed by atoms with Crippen LogP contribution in [0.1, 0.15) is 69.8 Å². The number of para-hydroxylation sites is 3. The molecule has 0 spiro atoms. The maximum Gasteiger partial charge on any atom is 0.266 e. The van der Waals surface area contributed by atoms with Crippen molar-refractivity contribution in [1.29, 1.82) is 0 Å². The van der Waals surface area contributed by atoms with Crippen molar-refractivity contribution >= 4 is 16.8 Å². The van der Waals surface area contributed by atoms with Gasteiger partial charge in [0.2, 0.25) is 5.91 Å². The number of aromatic nitrogens is 2. The van der Waals surface area contributed by atoms with E-state index < -0.39 is 6.04 Å². The van der Waals surface area contributed by atoms with Gasteiger partial charge >= 0.3 is 0 Å². The lowest BCUT2D eigenvalue weighted by Crippen LogP contribution is -2.41. The molecule has 0 N–H and O–H groups in total. The molecule has 0 radical (unpaired) electrons. The second-order valence-corrected chi connectivity index (χ2v) is 9.48. The van der Waals surface area contributed by atoms with E-state index in [0.29, 0.717) is 47.6 Å². The Morgan fingerprint density at radius 1 is 0.921 bits per heavy atom. The summed E-state index contributed by atoms with van der Waals surface area (Å²) in [7, 11) is 1.60. The van der Waals surface area contributed by atoms with Gasteiger partial charge in [-0.25, -0.2) is 4.98 Å². The van der Waals surface area contributed by atoms with Gasteiger partial charge in [0.05, 0.1) is 35.7 Å². The van der Waals surface area contributed by atoms with Crippen LogP contribution in [0.15, 0.2) is 83.7 Å². The van der Waals surface area contributed by atoms with Gasteiger partial charge in [-0.3, -0.25) is 14.2 Å². The van der Waals surface area contributed by atoms with E-state index in [1.807, 2.05) is 91.5 Å². The minimum atomic E-state index is -0.394. The van der Waals surface area contributed by atoms with Gasteiger partial charge in [0, 0.05) is 6.54 Å². The average molecular weight is 512 g/mol. The zero-order valence-electron chi connectivity index (χ0n) is 22.8. The van der Waals surface area contributed by atoms with Gasteiger partial charge in [-0.15, -0.1) is 0 Å². The number of ether oxygens (including phenoxy) is 1. The second-order valence-electron chi connectivity index (χ2n) is 9.48. The Balaban J connectivity index is 1.94. The zero-order valence-corrected chi connectivity index (χ0v) is 22.8. The Morgan fingerprint density at radius 3 is 2.29 bits per heavy atom. The number of amides is 1. The molecule has 0 aliphatic heterocycles. The molecule has 1 aromatic heterocycles. The van der Waals surface area contributed by atoms with E-state index in [1.165, 1.54) is 0 Å². The first-order valence-corrected chi connectivity index (χ1v) is 13.6. The largest absolute Gasteiger partial charge is 0.495 e. The number of hydrogen-bond donors (Lipinski definition) is 0. The van der Waals surface area contributed by atoms with Crippen molar-refractivity contribution in [2.75, 3.05) is 13.7 Å². The van der Waals surface area contributed by atoms with E-state index in [2.05, 4.69) is 6.92 Å². The normalized spacial score (nSPS) is 12.7. The summed E-state index contributed by atoms with van der Waals surface area (Å²) in [6.07, 6.45) is 3.11. The quantitative estimate of drug-likeness (QED) is 0.226. The predicted molar refractivity (Wildman–Crippen MR) is 153 cm³/mol. The van der Waals surface area contributed by atoms with Crippen molar-refractivity contribution in [2.45, 2.75) is 58.4 Å². The summed E-state index contributed by atoms with van der Waals surface area (Å²) in [5.74, 6) is 0.917. The molecule has 6 nitrogen and oxygen atoms in total. The van der Waals surface area contributed by atoms with Gasteiger partial charge in [-0.1, -0.05) is 81.8 Å². The van der Waals surface area contributed by atoms with E-state index in [1.54, 1.807) is 17.7 Å². The molecule has 0 fully saturated rings. The Labute approximate surface area is 224 Å². The van der Waals surface area contributed by atoms with E-state index in [-0.39, 0.29) is 17.4 Å². The molecule has 0 aliphatic rings. The summed E-state index contributed by atoms with van der Waals surface area (Å²) in [6, 6.07) is 24.4. The minimum Gasteiger partial charge on any atom is -0.495 e. The molecule has 2 unspecified atom stereocenters. The monoisotopic (exact) mass is 511 g/mol. The number of hydrogen-bond acceptors (Lipinski definition) is 4. The van der Waals surface area contributed by atoms with Crippen LogP contribution in [0.2, 0.25) is 0 Å². The highest BCUT2D eigenvalue weighted by Gasteiger charge is 2.33. The zero-order chi connectivity index (χ0) is 27.1. The number of rotatable bonds is 11. The van der Waals surface area contributed by atoms with Crippen LogP contribution in [-0.2, 0) is 4.79 Å². The van der Waals surface area contributed by atoms with Crippen LogP contribution in [0, 0.1) is 0 Å². The molecular weight excluding hydrogens is 474 g/mol. The smallest absolute Gasteiger partial charge is 0.266 e. The van der Waals surface area contributed by atoms with Crippen molar-refractivity contribution in [3.63, 3.8) is 0 Å². The summed E-state index contributed by atoms with van der Waals surface area (Å²) >= 11 is 0. The van der Waals surface area contributed by atoms with Crippen LogP contribution in [0.25, 0.3) is 16.6 Å². The van der Waals surface area contributed by atoms with Crippen molar-refractivity contribution < 1.29 is 9.53 Å². The van der Waals surface area contributed by atoms with Gasteiger partial charge in [0.1, 0.15) is 11.6 Å². The highest BCUT2D eigenvalue weighted by molar-refractivity contribution is 5.84. The van der Waals surface area contributed by atoms with Gasteiger partial charge in [0.15, 0.2) is 0 Å². The molecule has 198 valence electrons. The van der Waals surface area contributed by atoms with Crippen molar-refractivity contribution in [3.8, 4) is 11.4 Å². The second kappa shape index (κ2) is 12.5. The molecule has 0 saturated carbocycles. The van der Waals surface area contributed by atoms with Crippen LogP contribution < -0.4 is 10.3 Å². The molecule has 0 aliphatic carbocycles. The summed E-state index contributed by atoms with van der Waals surface area (Å²) in [4.78, 5) is 35.3. The minimum absolute atomic E-state index is 0.0629. The highest BCUT2D eigenvalue weighted by atomic mass is 16.5. The summed E-state index contributed by atoms with van der Waals surface area (Å²) in [5, 5.41) is 0.527. The number of fused-ring (bicyclic) bond motifs is 1. The first kappa shape index (κ1) is 27.1. The molecule has 1 amide bonds. The molecule has 2 atom stereocenters. The third kappa shape index (κ3) is 5.35. The lowest BCUT2D eigenvalue weighted by atomic mass is 9.93. The molecule has 3 aromatic carbocycles. The molecule has 4 aromatic rings. The van der Waals surface area contributed by atoms with Gasteiger partial charge < -0.3 is 9.64 Å². The predicted octanol–water partition coefficient (Wildman–Crippen LogP) is 6.67. The van der Waals surface area contributed by atoms with E-state index in [9.17, 15) is 9.59 Å². The molecule has 4 rings (SSSR count). The summed E-state index contributed by atoms with van der Waals surface area (Å²) < 4.78 is 7.30. The average Bonchev–Trinajstić information content (AvgIpc) is 2.96. The Morgan fingerprint density at radius 2 is 1.61 bits per heavy atom. The van der Waals surface area contributed by atoms with Crippen LogP contribution >= 0.6 is 0 Å². The SMILES string of the molecule is CCCCN(C(=O)C(CC)c1ccccc1)C(CC)c1nc2ccccc2c(=O)n1-c1ccccc1OC. The van der Waals surface area contributed by atoms with E-state index >= 15 is 0 Å². The molecule has 1 heterocycles. The topological polar surface area (TPSA) is 64.4 Å². The fraction of sp³-hybridized carbons (Fsp3) is 0.344. The summed E-state index contributed by atoms with van der Waals surface area (Å²) in [5.41, 5.74) is 2.07. The van der Waals surface area contributed by atoms with Gasteiger partial charge in [-0.2, -0.15) is 0 Å². The van der Waals surface area contributed by atoms with Gasteiger partial charge in [-0.05, 0) is 49.1 Å². The maximum absolute atomic E-state index is 14.3. The number of carbonyl (C=O) groups is 1. The lowest BCUT2D eigenvalue weighted by molar-refractivity contribution is -0.136. The van der Waals surface area contributed by atoms with Crippen molar-refractivity contribution in [2.24, 2.45) is 0 Å². The molecular formula is C32H37N3O3. The standard InChI is InChI=1S/C32H37N3O3/c1-5-8-22-34(31(36)24(6-2)23-16-10-9-11-17-23)27(7-3)30-33-26-19-13-12-18-25(26)32(37)35(30)28-20-14-15-21-29(28)38-4/h9-21,24,27H,5-8,22H2,1-4H3. The third-order valence-corrected chi connectivity index (χ3v) is 7.13. The molecule has 0 saturated heterocycles. The Hall–Kier alpha value is -3.93. The van der Waals surface area contributed by atoms with E-state index in [4.69, 9.17) is 9.72 Å². The fourth-order valence-electron chi connectivity index (χ4n) is 5.15. The van der Waals surface area contributed by atoms with Crippen LogP contribution in [0.4, 0.5) is 0 Å². The molecule has 38 heavy (non-hydrogen) atoms. The third-order valence-electron chi connectivity index (χ3n) is 7.13. The van der Waals surface area contributed by atoms with E-state index in [0.717, 1.165) is 18.4 Å². The first-order chi connectivity index (χ1) is 18.5. The lowest BCUT2D eigenvalue weighted by Gasteiger charge is -2.35. The van der Waals surface area contributed by atoms with Crippen LogP contribution in [0.5, 0.6) is 5.75 Å². The molecule has 6 heteroatoms. The number of nitrogens with zero attached hydrogens (tertiary/aromatic N) is 3. The molecule has 0 bridgehead atoms. The summed E-state index contributed by atoms with van der Waals surface area (Å²) in [6.45, 7) is 6.81. The number of methoxy groups -OCH3 is 1. The Kier molecular flexibility index (Phi) is 8.95. The first-order valence-electron chi connectivity index (χ1n) is 13.6. The van der Waals surface area contributed by atoms with Crippen molar-refractivity contribution in [3.05, 3.63) is 101 Å². The van der Waals surface area contributed by atoms with Crippen LogP contribution in [0.3, 0.4) is 0 Å². The van der Waals surface area contributed by atoms with Crippen LogP contribution in [-0.4, -0.2) is 34.0 Å². The van der Waals surface area contributed by atoms with Crippen molar-refractivity contribution in [1.82, 2.24) is 14.5 Å². The fourth-order valence-corrected chi connectivity index (χ4v) is 5.15.